The maximum atomic E-state index is 13.5. The zero-order chi connectivity index (χ0) is 15.4. The van der Waals surface area contributed by atoms with Crippen LogP contribution in [0.5, 0.6) is 0 Å². The zero-order valence-corrected chi connectivity index (χ0v) is 11.6. The van der Waals surface area contributed by atoms with E-state index in [1.54, 1.807) is 6.07 Å². The average Bonchev–Trinajstić information content (AvgIpc) is 2.47. The summed E-state index contributed by atoms with van der Waals surface area (Å²) in [5.74, 6) is -1.25. The molecule has 0 aromatic heterocycles. The molecule has 0 radical (unpaired) electrons. The van der Waals surface area contributed by atoms with Crippen LogP contribution in [0.4, 0.5) is 10.1 Å². The number of thiol groups is 1. The number of carbonyl (C=O) groups excluding carboxylic acids is 1. The van der Waals surface area contributed by atoms with Crippen LogP contribution in [0.25, 0.3) is 0 Å². The molecule has 0 spiro atoms. The van der Waals surface area contributed by atoms with E-state index in [4.69, 9.17) is 0 Å². The van der Waals surface area contributed by atoms with Gasteiger partial charge < -0.3 is 5.32 Å². The highest BCUT2D eigenvalue weighted by molar-refractivity contribution is 7.80. The fourth-order valence-electron chi connectivity index (χ4n) is 1.74. The van der Waals surface area contributed by atoms with Gasteiger partial charge in [-0.15, -0.1) is 12.6 Å². The second-order valence-electron chi connectivity index (χ2n) is 4.27. The van der Waals surface area contributed by atoms with Crippen molar-refractivity contribution in [2.45, 2.75) is 11.4 Å². The molecule has 0 fully saturated rings. The summed E-state index contributed by atoms with van der Waals surface area (Å²) in [6.45, 7) is 0.0662. The van der Waals surface area contributed by atoms with E-state index in [9.17, 15) is 19.3 Å². The minimum Gasteiger partial charge on any atom is -0.348 e. The zero-order valence-electron chi connectivity index (χ0n) is 10.7. The van der Waals surface area contributed by atoms with E-state index < -0.39 is 16.6 Å². The fraction of sp³-hybridized carbons (Fsp3) is 0.0714. The summed E-state index contributed by atoms with van der Waals surface area (Å²) in [5.41, 5.74) is 0.373. The van der Waals surface area contributed by atoms with Crippen LogP contribution >= 0.6 is 12.6 Å². The van der Waals surface area contributed by atoms with E-state index in [0.717, 1.165) is 6.07 Å². The molecule has 21 heavy (non-hydrogen) atoms. The second kappa shape index (κ2) is 6.36. The second-order valence-corrected chi connectivity index (χ2v) is 4.79. The number of non-ortho nitro benzene ring substituents is 1. The first-order valence-electron chi connectivity index (χ1n) is 5.97. The quantitative estimate of drug-likeness (QED) is 0.518. The van der Waals surface area contributed by atoms with E-state index in [-0.39, 0.29) is 17.8 Å². The van der Waals surface area contributed by atoms with Crippen LogP contribution in [0, 0.1) is 15.9 Å². The molecule has 0 saturated heterocycles. The van der Waals surface area contributed by atoms with Crippen LogP contribution in [-0.2, 0) is 6.54 Å². The third kappa shape index (κ3) is 3.79. The van der Waals surface area contributed by atoms with Gasteiger partial charge in [0, 0.05) is 23.6 Å². The Morgan fingerprint density at radius 1 is 1.29 bits per heavy atom. The number of rotatable bonds is 4. The van der Waals surface area contributed by atoms with E-state index in [1.807, 2.05) is 0 Å². The molecule has 0 aliphatic carbocycles. The van der Waals surface area contributed by atoms with Gasteiger partial charge in [-0.2, -0.15) is 0 Å². The Morgan fingerprint density at radius 3 is 2.76 bits per heavy atom. The van der Waals surface area contributed by atoms with E-state index in [2.05, 4.69) is 17.9 Å². The van der Waals surface area contributed by atoms with Crippen molar-refractivity contribution in [2.75, 3.05) is 0 Å². The molecule has 108 valence electrons. The lowest BCUT2D eigenvalue weighted by molar-refractivity contribution is -0.384. The van der Waals surface area contributed by atoms with E-state index in [1.165, 1.54) is 30.3 Å². The van der Waals surface area contributed by atoms with E-state index >= 15 is 0 Å². The van der Waals surface area contributed by atoms with Crippen molar-refractivity contribution in [3.63, 3.8) is 0 Å². The predicted molar refractivity (Wildman–Crippen MR) is 77.9 cm³/mol. The molecule has 0 aliphatic heterocycles. The van der Waals surface area contributed by atoms with Crippen LogP contribution in [0.3, 0.4) is 0 Å². The summed E-state index contributed by atoms with van der Waals surface area (Å²) in [7, 11) is 0. The van der Waals surface area contributed by atoms with Gasteiger partial charge in [-0.25, -0.2) is 4.39 Å². The van der Waals surface area contributed by atoms with Crippen LogP contribution in [0.15, 0.2) is 47.4 Å². The molecule has 2 aromatic carbocycles. The number of carbonyl (C=O) groups is 1. The highest BCUT2D eigenvalue weighted by Gasteiger charge is 2.12. The number of nitro groups is 1. The molecule has 2 aromatic rings. The third-order valence-electron chi connectivity index (χ3n) is 2.77. The molecule has 5 nitrogen and oxygen atoms in total. The number of hydrogen-bond donors (Lipinski definition) is 2. The van der Waals surface area contributed by atoms with Gasteiger partial charge in [-0.3, -0.25) is 14.9 Å². The minimum absolute atomic E-state index is 0.0646. The van der Waals surface area contributed by atoms with Gasteiger partial charge >= 0.3 is 0 Å². The Hall–Kier alpha value is -2.41. The molecule has 1 N–H and O–H groups in total. The third-order valence-corrected chi connectivity index (χ3v) is 3.05. The van der Waals surface area contributed by atoms with Gasteiger partial charge in [0.15, 0.2) is 0 Å². The normalized spacial score (nSPS) is 10.2. The number of amides is 1. The lowest BCUT2D eigenvalue weighted by Gasteiger charge is -2.07. The number of nitrogens with zero attached hydrogens (tertiary/aromatic N) is 1. The summed E-state index contributed by atoms with van der Waals surface area (Å²) in [4.78, 5) is 22.5. The van der Waals surface area contributed by atoms with Crippen LogP contribution < -0.4 is 5.32 Å². The average molecular weight is 306 g/mol. The predicted octanol–water partition coefficient (Wildman–Crippen LogP) is 2.95. The van der Waals surface area contributed by atoms with Crippen molar-refractivity contribution < 1.29 is 14.1 Å². The van der Waals surface area contributed by atoms with Crippen molar-refractivity contribution in [2.24, 2.45) is 0 Å². The summed E-state index contributed by atoms with van der Waals surface area (Å²) in [6.07, 6.45) is 0. The molecule has 0 aliphatic rings. The highest BCUT2D eigenvalue weighted by atomic mass is 32.1. The van der Waals surface area contributed by atoms with Gasteiger partial charge in [-0.05, 0) is 23.8 Å². The summed E-state index contributed by atoms with van der Waals surface area (Å²) >= 11 is 4.05. The number of nitro benzene ring substituents is 1. The van der Waals surface area contributed by atoms with Crippen molar-refractivity contribution in [3.8, 4) is 0 Å². The minimum atomic E-state index is -0.649. The standard InChI is InChI=1S/C14H11FN2O3S/c15-13-5-4-11(21)7-12(13)14(18)16-8-9-2-1-3-10(6-9)17(19)20/h1-7,21H,8H2,(H,16,18). The molecular weight excluding hydrogens is 295 g/mol. The van der Waals surface area contributed by atoms with Gasteiger partial charge in [-0.1, -0.05) is 12.1 Å². The fourth-order valence-corrected chi connectivity index (χ4v) is 1.95. The Kier molecular flexibility index (Phi) is 4.54. The summed E-state index contributed by atoms with van der Waals surface area (Å²) in [5, 5.41) is 13.2. The lowest BCUT2D eigenvalue weighted by Crippen LogP contribution is -2.23. The monoisotopic (exact) mass is 306 g/mol. The maximum Gasteiger partial charge on any atom is 0.269 e. The van der Waals surface area contributed by atoms with Crippen LogP contribution in [0.1, 0.15) is 15.9 Å². The number of halogens is 1. The molecule has 0 unspecified atom stereocenters. The van der Waals surface area contributed by atoms with Gasteiger partial charge in [0.05, 0.1) is 10.5 Å². The van der Waals surface area contributed by atoms with Gasteiger partial charge in [0.2, 0.25) is 0 Å². The number of hydrogen-bond acceptors (Lipinski definition) is 4. The first-order chi connectivity index (χ1) is 9.97. The SMILES string of the molecule is O=C(NCc1cccc([N+](=O)[O-])c1)c1cc(S)ccc1F. The highest BCUT2D eigenvalue weighted by Crippen LogP contribution is 2.15. The topological polar surface area (TPSA) is 72.2 Å². The summed E-state index contributed by atoms with van der Waals surface area (Å²) in [6, 6.07) is 9.79. The maximum absolute atomic E-state index is 13.5. The molecule has 0 atom stereocenters. The molecule has 0 saturated carbocycles. The lowest BCUT2D eigenvalue weighted by atomic mass is 10.1. The smallest absolute Gasteiger partial charge is 0.269 e. The van der Waals surface area contributed by atoms with Crippen molar-refractivity contribution in [1.29, 1.82) is 0 Å². The van der Waals surface area contributed by atoms with E-state index in [0.29, 0.717) is 10.5 Å². The van der Waals surface area contributed by atoms with Crippen LogP contribution in [0.2, 0.25) is 0 Å². The van der Waals surface area contributed by atoms with Gasteiger partial charge in [0.1, 0.15) is 5.82 Å². The number of nitrogens with one attached hydrogen (secondary N) is 1. The Morgan fingerprint density at radius 2 is 2.05 bits per heavy atom. The number of benzene rings is 2. The van der Waals surface area contributed by atoms with Crippen LogP contribution in [-0.4, -0.2) is 10.8 Å². The molecule has 0 heterocycles. The van der Waals surface area contributed by atoms with Gasteiger partial charge in [0.25, 0.3) is 11.6 Å². The molecule has 7 heteroatoms. The molecular formula is C14H11FN2O3S. The molecule has 1 amide bonds. The Bertz CT molecular complexity index is 706. The molecule has 0 bridgehead atoms. The summed E-state index contributed by atoms with van der Waals surface area (Å²) < 4.78 is 13.5. The Labute approximate surface area is 125 Å². The largest absolute Gasteiger partial charge is 0.348 e. The first kappa shape index (κ1) is 15.0. The Balaban J connectivity index is 2.09. The first-order valence-corrected chi connectivity index (χ1v) is 6.42. The molecule has 2 rings (SSSR count). The van der Waals surface area contributed by atoms with Crippen molar-refractivity contribution in [3.05, 3.63) is 69.5 Å². The van der Waals surface area contributed by atoms with Crippen molar-refractivity contribution >= 4 is 24.2 Å². The van der Waals surface area contributed by atoms with Crippen molar-refractivity contribution in [1.82, 2.24) is 5.32 Å².